The third-order valence-electron chi connectivity index (χ3n) is 7.09. The van der Waals surface area contributed by atoms with E-state index in [2.05, 4.69) is 58.3 Å². The molecule has 0 aromatic heterocycles. The standard InChI is InChI=1S/C26H44N2O/c1-21(2)10-8-11-22(3)12-9-13-23(4)15-16-26(29)27-20-24-17-19-28(5)18-7-6-14-25(24)28/h10,12,15,24-25H,6-9,11,13-14,16-20H2,1-5H3/p+1/b22-12+,23-15+/t24?,25-,28?/m1/s1. The van der Waals surface area contributed by atoms with E-state index in [-0.39, 0.29) is 5.91 Å². The molecule has 0 aliphatic carbocycles. The van der Waals surface area contributed by atoms with E-state index >= 15 is 0 Å². The normalized spacial score (nSPS) is 27.5. The molecule has 164 valence electrons. The molecule has 3 nitrogen and oxygen atoms in total. The highest BCUT2D eigenvalue weighted by molar-refractivity contribution is 5.77. The number of carbonyl (C=O) groups is 1. The first kappa shape index (κ1) is 23.9. The number of allylic oxidation sites excluding steroid dienone is 5. The van der Waals surface area contributed by atoms with Gasteiger partial charge in [0.2, 0.25) is 5.91 Å². The molecule has 3 atom stereocenters. The van der Waals surface area contributed by atoms with Crippen LogP contribution in [0.3, 0.4) is 0 Å². The number of carbonyl (C=O) groups excluding carboxylic acids is 1. The lowest BCUT2D eigenvalue weighted by Gasteiger charge is -2.41. The van der Waals surface area contributed by atoms with Gasteiger partial charge in [-0.1, -0.05) is 34.9 Å². The number of piperidine rings is 1. The molecule has 2 fully saturated rings. The van der Waals surface area contributed by atoms with E-state index in [0.29, 0.717) is 12.3 Å². The minimum absolute atomic E-state index is 0.190. The fourth-order valence-corrected chi connectivity index (χ4v) is 5.14. The second-order valence-corrected chi connectivity index (χ2v) is 10.0. The number of nitrogens with one attached hydrogen (secondary N) is 1. The van der Waals surface area contributed by atoms with Crippen LogP contribution in [0.1, 0.15) is 85.5 Å². The SMILES string of the molecule is CC(C)=CCC/C(C)=C/CC/C(C)=C/CC(=O)NCC1CC[N+]2(C)CCCC[C@H]12. The van der Waals surface area contributed by atoms with Crippen LogP contribution in [-0.4, -0.2) is 43.1 Å². The average molecular weight is 402 g/mol. The second-order valence-electron chi connectivity index (χ2n) is 10.0. The van der Waals surface area contributed by atoms with Gasteiger partial charge in [-0.2, -0.15) is 0 Å². The maximum Gasteiger partial charge on any atom is 0.223 e. The number of rotatable bonds is 10. The molecule has 2 aliphatic rings. The molecule has 2 saturated heterocycles. The van der Waals surface area contributed by atoms with Crippen LogP contribution in [0.25, 0.3) is 0 Å². The highest BCUT2D eigenvalue weighted by Crippen LogP contribution is 2.36. The fraction of sp³-hybridized carbons (Fsp3) is 0.731. The van der Waals surface area contributed by atoms with Crippen molar-refractivity contribution in [2.24, 2.45) is 5.92 Å². The van der Waals surface area contributed by atoms with Crippen LogP contribution in [0.5, 0.6) is 0 Å². The van der Waals surface area contributed by atoms with E-state index in [4.69, 9.17) is 0 Å². The molecule has 1 N–H and O–H groups in total. The first-order chi connectivity index (χ1) is 13.8. The molecule has 0 aromatic rings. The van der Waals surface area contributed by atoms with Crippen molar-refractivity contribution in [1.29, 1.82) is 0 Å². The van der Waals surface area contributed by atoms with E-state index in [0.717, 1.165) is 38.3 Å². The van der Waals surface area contributed by atoms with Crippen molar-refractivity contribution in [2.75, 3.05) is 26.7 Å². The van der Waals surface area contributed by atoms with Gasteiger partial charge >= 0.3 is 0 Å². The monoisotopic (exact) mass is 401 g/mol. The van der Waals surface area contributed by atoms with Crippen LogP contribution < -0.4 is 5.32 Å². The van der Waals surface area contributed by atoms with Crippen LogP contribution in [-0.2, 0) is 4.79 Å². The van der Waals surface area contributed by atoms with Gasteiger partial charge in [0.05, 0.1) is 26.2 Å². The Morgan fingerprint density at radius 2 is 1.62 bits per heavy atom. The molecule has 0 spiro atoms. The van der Waals surface area contributed by atoms with Crippen molar-refractivity contribution in [1.82, 2.24) is 5.32 Å². The lowest BCUT2D eigenvalue weighted by Crippen LogP contribution is -2.53. The van der Waals surface area contributed by atoms with Crippen molar-refractivity contribution in [2.45, 2.75) is 91.5 Å². The van der Waals surface area contributed by atoms with E-state index in [9.17, 15) is 4.79 Å². The zero-order valence-corrected chi connectivity index (χ0v) is 19.7. The smallest absolute Gasteiger partial charge is 0.223 e. The summed E-state index contributed by atoms with van der Waals surface area (Å²) in [7, 11) is 2.43. The van der Waals surface area contributed by atoms with Crippen LogP contribution in [0, 0.1) is 5.92 Å². The highest BCUT2D eigenvalue weighted by atomic mass is 16.1. The van der Waals surface area contributed by atoms with Crippen molar-refractivity contribution >= 4 is 5.91 Å². The largest absolute Gasteiger partial charge is 0.355 e. The molecule has 2 rings (SSSR count). The highest BCUT2D eigenvalue weighted by Gasteiger charge is 2.46. The fourth-order valence-electron chi connectivity index (χ4n) is 5.14. The molecule has 0 bridgehead atoms. The summed E-state index contributed by atoms with van der Waals surface area (Å²) in [6, 6.07) is 0.771. The molecule has 1 amide bonds. The summed E-state index contributed by atoms with van der Waals surface area (Å²) in [6.07, 6.45) is 17.1. The summed E-state index contributed by atoms with van der Waals surface area (Å²) in [6.45, 7) is 12.2. The quantitative estimate of drug-likeness (QED) is 0.357. The number of amides is 1. The Morgan fingerprint density at radius 1 is 0.931 bits per heavy atom. The molecular weight excluding hydrogens is 356 g/mol. The van der Waals surface area contributed by atoms with E-state index < -0.39 is 0 Å². The van der Waals surface area contributed by atoms with Gasteiger partial charge in [-0.25, -0.2) is 0 Å². The minimum Gasteiger partial charge on any atom is -0.355 e. The summed E-state index contributed by atoms with van der Waals surface area (Å²) >= 11 is 0. The third-order valence-corrected chi connectivity index (χ3v) is 7.09. The Hall–Kier alpha value is -1.35. The topological polar surface area (TPSA) is 29.1 Å². The third kappa shape index (κ3) is 8.12. The van der Waals surface area contributed by atoms with Crippen LogP contribution >= 0.6 is 0 Å². The van der Waals surface area contributed by atoms with Gasteiger partial charge in [0, 0.05) is 31.7 Å². The summed E-state index contributed by atoms with van der Waals surface area (Å²) in [4.78, 5) is 12.3. The lowest BCUT2D eigenvalue weighted by atomic mass is 9.92. The van der Waals surface area contributed by atoms with Crippen LogP contribution in [0.2, 0.25) is 0 Å². The van der Waals surface area contributed by atoms with Gasteiger partial charge in [0.15, 0.2) is 0 Å². The van der Waals surface area contributed by atoms with Crippen LogP contribution in [0.15, 0.2) is 34.9 Å². The van der Waals surface area contributed by atoms with Gasteiger partial charge in [0.1, 0.15) is 0 Å². The summed E-state index contributed by atoms with van der Waals surface area (Å²) < 4.78 is 1.25. The van der Waals surface area contributed by atoms with Crippen molar-refractivity contribution in [3.05, 3.63) is 34.9 Å². The average Bonchev–Trinajstić information content (AvgIpc) is 3.01. The number of hydrogen-bond donors (Lipinski definition) is 1. The molecule has 2 heterocycles. The minimum atomic E-state index is 0.190. The van der Waals surface area contributed by atoms with Gasteiger partial charge in [-0.15, -0.1) is 0 Å². The predicted molar refractivity (Wildman–Crippen MR) is 125 cm³/mol. The Labute approximate surface area is 179 Å². The van der Waals surface area contributed by atoms with Gasteiger partial charge in [-0.05, 0) is 66.2 Å². The number of hydrogen-bond acceptors (Lipinski definition) is 1. The first-order valence-electron chi connectivity index (χ1n) is 11.9. The van der Waals surface area contributed by atoms with E-state index in [1.165, 1.54) is 60.0 Å². The van der Waals surface area contributed by atoms with Crippen molar-refractivity contribution in [3.8, 4) is 0 Å². The molecule has 0 radical (unpaired) electrons. The van der Waals surface area contributed by atoms with Crippen molar-refractivity contribution < 1.29 is 9.28 Å². The summed E-state index contributed by atoms with van der Waals surface area (Å²) in [5.74, 6) is 0.864. The molecule has 2 unspecified atom stereocenters. The Balaban J connectivity index is 1.65. The summed E-state index contributed by atoms with van der Waals surface area (Å²) in [5.41, 5.74) is 4.19. The Kier molecular flexibility index (Phi) is 9.68. The van der Waals surface area contributed by atoms with Crippen LogP contribution in [0.4, 0.5) is 0 Å². The zero-order chi connectivity index (χ0) is 21.3. The molecular formula is C26H45N2O+. The molecule has 29 heavy (non-hydrogen) atoms. The van der Waals surface area contributed by atoms with E-state index in [1.54, 1.807) is 0 Å². The molecule has 0 saturated carbocycles. The predicted octanol–water partition coefficient (Wildman–Crippen LogP) is 5.93. The number of quaternary nitrogens is 1. The zero-order valence-electron chi connectivity index (χ0n) is 19.7. The maximum absolute atomic E-state index is 12.3. The lowest BCUT2D eigenvalue weighted by molar-refractivity contribution is -0.927. The number of nitrogens with zero attached hydrogens (tertiary/aromatic N) is 1. The molecule has 0 aromatic carbocycles. The summed E-state index contributed by atoms with van der Waals surface area (Å²) in [5, 5.41) is 3.23. The molecule has 3 heteroatoms. The first-order valence-corrected chi connectivity index (χ1v) is 11.9. The molecule has 2 aliphatic heterocycles. The Morgan fingerprint density at radius 3 is 2.34 bits per heavy atom. The van der Waals surface area contributed by atoms with Gasteiger partial charge in [0.25, 0.3) is 0 Å². The maximum atomic E-state index is 12.3. The second kappa shape index (κ2) is 11.7. The van der Waals surface area contributed by atoms with Crippen molar-refractivity contribution in [3.63, 3.8) is 0 Å². The van der Waals surface area contributed by atoms with Gasteiger partial charge in [-0.3, -0.25) is 4.79 Å². The Bertz CT molecular complexity index is 627. The van der Waals surface area contributed by atoms with Gasteiger partial charge < -0.3 is 9.80 Å². The van der Waals surface area contributed by atoms with E-state index in [1.807, 2.05) is 0 Å². The number of fused-ring (bicyclic) bond motifs is 1.